The van der Waals surface area contributed by atoms with Gasteiger partial charge in [0.05, 0.1) is 10.0 Å². The van der Waals surface area contributed by atoms with Crippen molar-refractivity contribution in [3.63, 3.8) is 0 Å². The highest BCUT2D eigenvalue weighted by Gasteiger charge is 2.11. The third-order valence-corrected chi connectivity index (χ3v) is 4.46. The summed E-state index contributed by atoms with van der Waals surface area (Å²) in [6, 6.07) is 7.77. The van der Waals surface area contributed by atoms with E-state index in [9.17, 15) is 0 Å². The van der Waals surface area contributed by atoms with Crippen LogP contribution in [0.25, 0.3) is 0 Å². The maximum atomic E-state index is 6.21. The lowest BCUT2D eigenvalue weighted by Gasteiger charge is -2.15. The first-order chi connectivity index (χ1) is 9.40. The molecule has 0 atom stereocenters. The molecule has 2 aromatic rings. The Bertz CT molecular complexity index is 627. The summed E-state index contributed by atoms with van der Waals surface area (Å²) in [6.07, 6.45) is 0. The Labute approximate surface area is 134 Å². The number of nitrogens with one attached hydrogen (secondary N) is 1. The average molecular weight is 329 g/mol. The molecule has 0 aliphatic heterocycles. The molecule has 2 aromatic carbocycles. The van der Waals surface area contributed by atoms with Crippen molar-refractivity contribution >= 4 is 40.5 Å². The van der Waals surface area contributed by atoms with Crippen LogP contribution in [0.3, 0.4) is 0 Å². The van der Waals surface area contributed by atoms with Gasteiger partial charge in [0, 0.05) is 22.8 Å². The molecule has 0 aliphatic rings. The van der Waals surface area contributed by atoms with E-state index in [1.165, 1.54) is 16.7 Å². The fourth-order valence-corrected chi connectivity index (χ4v) is 3.05. The fourth-order valence-electron chi connectivity index (χ4n) is 2.37. The van der Waals surface area contributed by atoms with Crippen molar-refractivity contribution in [2.75, 3.05) is 5.32 Å². The number of rotatable bonds is 3. The second-order valence-electron chi connectivity index (χ2n) is 4.95. The Morgan fingerprint density at radius 3 is 2.05 bits per heavy atom. The lowest BCUT2D eigenvalue weighted by Crippen LogP contribution is -2.04. The topological polar surface area (TPSA) is 12.0 Å². The second kappa shape index (κ2) is 6.26. The van der Waals surface area contributed by atoms with E-state index >= 15 is 0 Å². The van der Waals surface area contributed by atoms with Crippen molar-refractivity contribution in [1.82, 2.24) is 0 Å². The van der Waals surface area contributed by atoms with Crippen LogP contribution in [0.2, 0.25) is 15.1 Å². The van der Waals surface area contributed by atoms with E-state index in [2.05, 4.69) is 38.2 Å². The molecule has 0 spiro atoms. The summed E-state index contributed by atoms with van der Waals surface area (Å²) in [5.41, 5.74) is 5.60. The minimum atomic E-state index is 0.508. The van der Waals surface area contributed by atoms with E-state index in [0.717, 1.165) is 11.3 Å². The van der Waals surface area contributed by atoms with Gasteiger partial charge in [0.15, 0.2) is 0 Å². The summed E-state index contributed by atoms with van der Waals surface area (Å²) in [5.74, 6) is 0. The van der Waals surface area contributed by atoms with Crippen LogP contribution >= 0.6 is 34.8 Å². The predicted molar refractivity (Wildman–Crippen MR) is 89.5 cm³/mol. The monoisotopic (exact) mass is 327 g/mol. The molecule has 0 radical (unpaired) electrons. The third kappa shape index (κ3) is 3.22. The largest absolute Gasteiger partial charge is 0.380 e. The van der Waals surface area contributed by atoms with Crippen LogP contribution in [0.5, 0.6) is 0 Å². The maximum absolute atomic E-state index is 6.21. The molecule has 0 aromatic heterocycles. The summed E-state index contributed by atoms with van der Waals surface area (Å²) in [6.45, 7) is 6.81. The van der Waals surface area contributed by atoms with E-state index < -0.39 is 0 Å². The van der Waals surface area contributed by atoms with Crippen molar-refractivity contribution in [3.05, 3.63) is 61.6 Å². The van der Waals surface area contributed by atoms with Crippen LogP contribution < -0.4 is 5.32 Å². The van der Waals surface area contributed by atoms with Crippen molar-refractivity contribution in [2.45, 2.75) is 27.3 Å². The molecular weight excluding hydrogens is 313 g/mol. The molecule has 4 heteroatoms. The molecule has 1 N–H and O–H groups in total. The molecule has 0 amide bonds. The van der Waals surface area contributed by atoms with E-state index in [-0.39, 0.29) is 0 Å². The molecule has 0 saturated heterocycles. The van der Waals surface area contributed by atoms with Crippen LogP contribution in [0.15, 0.2) is 24.3 Å². The normalized spacial score (nSPS) is 10.7. The van der Waals surface area contributed by atoms with E-state index in [1.54, 1.807) is 12.1 Å². The Morgan fingerprint density at radius 1 is 0.900 bits per heavy atom. The van der Waals surface area contributed by atoms with Gasteiger partial charge in [-0.25, -0.2) is 0 Å². The van der Waals surface area contributed by atoms with E-state index in [0.29, 0.717) is 21.6 Å². The van der Waals surface area contributed by atoms with Gasteiger partial charge in [-0.05, 0) is 44.0 Å². The zero-order valence-electron chi connectivity index (χ0n) is 11.7. The van der Waals surface area contributed by atoms with Gasteiger partial charge in [-0.3, -0.25) is 0 Å². The first-order valence-electron chi connectivity index (χ1n) is 6.34. The standard InChI is InChI=1S/C16H16Cl3N/c1-9-6-10(2)16(11(3)7-9)20-8-12-13(17)4-5-14(18)15(12)19/h4-7,20H,8H2,1-3H3. The molecule has 20 heavy (non-hydrogen) atoms. The molecule has 1 nitrogen and oxygen atoms in total. The SMILES string of the molecule is Cc1cc(C)c(NCc2c(Cl)ccc(Cl)c2Cl)c(C)c1. The Morgan fingerprint density at radius 2 is 1.45 bits per heavy atom. The first-order valence-corrected chi connectivity index (χ1v) is 7.47. The van der Waals surface area contributed by atoms with Gasteiger partial charge in [-0.2, -0.15) is 0 Å². The fraction of sp³-hybridized carbons (Fsp3) is 0.250. The van der Waals surface area contributed by atoms with Crippen molar-refractivity contribution in [2.24, 2.45) is 0 Å². The minimum Gasteiger partial charge on any atom is -0.380 e. The highest BCUT2D eigenvalue weighted by molar-refractivity contribution is 6.44. The second-order valence-corrected chi connectivity index (χ2v) is 6.14. The molecule has 0 saturated carbocycles. The zero-order valence-corrected chi connectivity index (χ0v) is 13.9. The number of benzene rings is 2. The quantitative estimate of drug-likeness (QED) is 0.663. The summed E-state index contributed by atoms with van der Waals surface area (Å²) < 4.78 is 0. The number of hydrogen-bond acceptors (Lipinski definition) is 1. The summed E-state index contributed by atoms with van der Waals surface area (Å²) >= 11 is 18.4. The molecule has 0 bridgehead atoms. The Kier molecular flexibility index (Phi) is 4.85. The van der Waals surface area contributed by atoms with E-state index in [1.807, 2.05) is 0 Å². The van der Waals surface area contributed by atoms with Gasteiger partial charge in [-0.1, -0.05) is 52.5 Å². The molecule has 0 heterocycles. The van der Waals surface area contributed by atoms with Gasteiger partial charge in [0.1, 0.15) is 0 Å². The minimum absolute atomic E-state index is 0.508. The number of hydrogen-bond donors (Lipinski definition) is 1. The summed E-state index contributed by atoms with van der Waals surface area (Å²) in [7, 11) is 0. The van der Waals surface area contributed by atoms with Gasteiger partial charge < -0.3 is 5.32 Å². The van der Waals surface area contributed by atoms with Crippen molar-refractivity contribution in [1.29, 1.82) is 0 Å². The smallest absolute Gasteiger partial charge is 0.0657 e. The molecular formula is C16H16Cl3N. The number of halogens is 3. The molecule has 2 rings (SSSR count). The van der Waals surface area contributed by atoms with Crippen LogP contribution in [0.1, 0.15) is 22.3 Å². The number of aryl methyl sites for hydroxylation is 3. The summed E-state index contributed by atoms with van der Waals surface area (Å²) in [5, 5.41) is 5.05. The average Bonchev–Trinajstić information content (AvgIpc) is 2.36. The summed E-state index contributed by atoms with van der Waals surface area (Å²) in [4.78, 5) is 0. The lowest BCUT2D eigenvalue weighted by molar-refractivity contribution is 1.13. The van der Waals surface area contributed by atoms with Crippen LogP contribution in [-0.2, 0) is 6.54 Å². The van der Waals surface area contributed by atoms with Crippen molar-refractivity contribution in [3.8, 4) is 0 Å². The molecule has 0 aliphatic carbocycles. The van der Waals surface area contributed by atoms with Gasteiger partial charge in [0.2, 0.25) is 0 Å². The highest BCUT2D eigenvalue weighted by atomic mass is 35.5. The van der Waals surface area contributed by atoms with Crippen LogP contribution in [-0.4, -0.2) is 0 Å². The van der Waals surface area contributed by atoms with Gasteiger partial charge in [0.25, 0.3) is 0 Å². The van der Waals surface area contributed by atoms with Crippen LogP contribution in [0.4, 0.5) is 5.69 Å². The lowest BCUT2D eigenvalue weighted by atomic mass is 10.0. The highest BCUT2D eigenvalue weighted by Crippen LogP contribution is 2.32. The van der Waals surface area contributed by atoms with Gasteiger partial charge >= 0.3 is 0 Å². The number of anilines is 1. The Balaban J connectivity index is 2.28. The molecule has 106 valence electrons. The predicted octanol–water partition coefficient (Wildman–Crippen LogP) is 6.18. The molecule has 0 unspecified atom stereocenters. The first kappa shape index (κ1) is 15.5. The molecule has 0 fully saturated rings. The zero-order chi connectivity index (χ0) is 14.9. The van der Waals surface area contributed by atoms with Gasteiger partial charge in [-0.15, -0.1) is 0 Å². The van der Waals surface area contributed by atoms with Crippen LogP contribution in [0, 0.1) is 20.8 Å². The van der Waals surface area contributed by atoms with Crippen molar-refractivity contribution < 1.29 is 0 Å². The van der Waals surface area contributed by atoms with E-state index in [4.69, 9.17) is 34.8 Å². The maximum Gasteiger partial charge on any atom is 0.0657 e. The Hall–Kier alpha value is -0.890. The third-order valence-electron chi connectivity index (χ3n) is 3.26.